The summed E-state index contributed by atoms with van der Waals surface area (Å²) >= 11 is 0. The molecule has 2 aromatic carbocycles. The molecule has 2 aromatic rings. The quantitative estimate of drug-likeness (QED) is 0.848. The van der Waals surface area contributed by atoms with E-state index >= 15 is 0 Å². The zero-order valence-electron chi connectivity index (χ0n) is 12.9. The van der Waals surface area contributed by atoms with E-state index < -0.39 is 0 Å². The number of ether oxygens (including phenoxy) is 2. The van der Waals surface area contributed by atoms with Crippen molar-refractivity contribution in [3.8, 4) is 11.5 Å². The highest BCUT2D eigenvalue weighted by Gasteiger charge is 2.11. The van der Waals surface area contributed by atoms with Crippen LogP contribution >= 0.6 is 0 Å². The summed E-state index contributed by atoms with van der Waals surface area (Å²) < 4.78 is 10.6. The predicted molar refractivity (Wildman–Crippen MR) is 86.2 cm³/mol. The van der Waals surface area contributed by atoms with Crippen molar-refractivity contribution in [1.29, 1.82) is 0 Å². The van der Waals surface area contributed by atoms with Crippen LogP contribution in [0.1, 0.15) is 11.1 Å². The summed E-state index contributed by atoms with van der Waals surface area (Å²) in [4.78, 5) is 0. The Morgan fingerprint density at radius 1 is 0.905 bits per heavy atom. The number of likely N-dealkylation sites (N-methyl/N-ethyl adjacent to an activating group) is 1. The molecule has 0 heterocycles. The highest BCUT2D eigenvalue weighted by atomic mass is 16.5. The summed E-state index contributed by atoms with van der Waals surface area (Å²) in [5.74, 6) is 1.84. The molecular weight excluding hydrogens is 262 g/mol. The molecule has 0 aliphatic carbocycles. The Kier molecular flexibility index (Phi) is 5.64. The largest absolute Gasteiger partial charge is 0.497 e. The molecule has 0 amide bonds. The molecule has 1 atom stereocenters. The first kappa shape index (κ1) is 15.4. The summed E-state index contributed by atoms with van der Waals surface area (Å²) in [6.45, 7) is 0. The van der Waals surface area contributed by atoms with Gasteiger partial charge in [0.25, 0.3) is 0 Å². The van der Waals surface area contributed by atoms with Gasteiger partial charge in [-0.3, -0.25) is 0 Å². The minimum atomic E-state index is 0.370. The number of rotatable bonds is 7. The summed E-state index contributed by atoms with van der Waals surface area (Å²) in [5.41, 5.74) is 2.53. The Labute approximate surface area is 126 Å². The monoisotopic (exact) mass is 285 g/mol. The first-order valence-corrected chi connectivity index (χ1v) is 7.19. The van der Waals surface area contributed by atoms with Gasteiger partial charge in [-0.1, -0.05) is 30.3 Å². The number of methoxy groups -OCH3 is 2. The molecule has 1 unspecified atom stereocenters. The van der Waals surface area contributed by atoms with Gasteiger partial charge in [0.2, 0.25) is 0 Å². The van der Waals surface area contributed by atoms with Crippen LogP contribution in [0.3, 0.4) is 0 Å². The highest BCUT2D eigenvalue weighted by Crippen LogP contribution is 2.20. The first-order chi connectivity index (χ1) is 10.3. The van der Waals surface area contributed by atoms with E-state index in [0.717, 1.165) is 24.3 Å². The van der Waals surface area contributed by atoms with Crippen LogP contribution in [-0.2, 0) is 12.8 Å². The van der Waals surface area contributed by atoms with E-state index in [-0.39, 0.29) is 0 Å². The lowest BCUT2D eigenvalue weighted by molar-refractivity contribution is 0.405. The van der Waals surface area contributed by atoms with Crippen molar-refractivity contribution in [2.45, 2.75) is 18.9 Å². The fourth-order valence-electron chi connectivity index (χ4n) is 2.46. The second-order valence-corrected chi connectivity index (χ2v) is 5.05. The second kappa shape index (κ2) is 7.70. The normalized spacial score (nSPS) is 12.0. The number of hydrogen-bond acceptors (Lipinski definition) is 3. The van der Waals surface area contributed by atoms with E-state index in [4.69, 9.17) is 9.47 Å². The lowest BCUT2D eigenvalue weighted by atomic mass is 9.98. The van der Waals surface area contributed by atoms with Gasteiger partial charge in [0.05, 0.1) is 14.2 Å². The zero-order valence-corrected chi connectivity index (χ0v) is 12.9. The number of benzene rings is 2. The fraction of sp³-hybridized carbons (Fsp3) is 0.333. The molecule has 2 rings (SSSR count). The standard InChI is InChI=1S/C18H23NO2/c1-19-16(12-14-8-10-17(20-2)11-9-14)13-15-6-4-5-7-18(15)21-3/h4-11,16,19H,12-13H2,1-3H3. The SMILES string of the molecule is CNC(Cc1ccc(OC)cc1)Cc1ccccc1OC. The molecule has 21 heavy (non-hydrogen) atoms. The van der Waals surface area contributed by atoms with E-state index in [0.29, 0.717) is 6.04 Å². The van der Waals surface area contributed by atoms with Gasteiger partial charge >= 0.3 is 0 Å². The van der Waals surface area contributed by atoms with E-state index in [1.54, 1.807) is 14.2 Å². The van der Waals surface area contributed by atoms with Crippen LogP contribution in [0.4, 0.5) is 0 Å². The summed E-state index contributed by atoms with van der Waals surface area (Å²) in [6, 6.07) is 16.8. The minimum absolute atomic E-state index is 0.370. The molecule has 0 aliphatic rings. The van der Waals surface area contributed by atoms with Crippen LogP contribution in [0.2, 0.25) is 0 Å². The van der Waals surface area contributed by atoms with Gasteiger partial charge in [0, 0.05) is 6.04 Å². The molecule has 0 saturated carbocycles. The van der Waals surface area contributed by atoms with Crippen molar-refractivity contribution in [3.05, 3.63) is 59.7 Å². The molecular formula is C18H23NO2. The maximum absolute atomic E-state index is 5.43. The van der Waals surface area contributed by atoms with Gasteiger partial charge in [-0.05, 0) is 49.2 Å². The van der Waals surface area contributed by atoms with Crippen LogP contribution in [-0.4, -0.2) is 27.3 Å². The third-order valence-electron chi connectivity index (χ3n) is 3.71. The van der Waals surface area contributed by atoms with E-state index in [1.165, 1.54) is 11.1 Å². The van der Waals surface area contributed by atoms with Gasteiger partial charge in [-0.2, -0.15) is 0 Å². The van der Waals surface area contributed by atoms with Crippen LogP contribution in [0.25, 0.3) is 0 Å². The van der Waals surface area contributed by atoms with Gasteiger partial charge in [-0.15, -0.1) is 0 Å². The molecule has 0 bridgehead atoms. The average Bonchev–Trinajstić information content (AvgIpc) is 2.55. The second-order valence-electron chi connectivity index (χ2n) is 5.05. The molecule has 1 N–H and O–H groups in total. The van der Waals surface area contributed by atoms with Crippen molar-refractivity contribution in [3.63, 3.8) is 0 Å². The summed E-state index contributed by atoms with van der Waals surface area (Å²) in [6.07, 6.45) is 1.91. The molecule has 0 aromatic heterocycles. The molecule has 3 nitrogen and oxygen atoms in total. The lowest BCUT2D eigenvalue weighted by Gasteiger charge is -2.18. The van der Waals surface area contributed by atoms with Gasteiger partial charge in [0.15, 0.2) is 0 Å². The maximum atomic E-state index is 5.43. The molecule has 3 heteroatoms. The molecule has 0 fully saturated rings. The minimum Gasteiger partial charge on any atom is -0.497 e. The van der Waals surface area contributed by atoms with Gasteiger partial charge in [-0.25, -0.2) is 0 Å². The Morgan fingerprint density at radius 3 is 2.24 bits per heavy atom. The third kappa shape index (κ3) is 4.23. The third-order valence-corrected chi connectivity index (χ3v) is 3.71. The van der Waals surface area contributed by atoms with Crippen LogP contribution in [0.5, 0.6) is 11.5 Å². The number of para-hydroxylation sites is 1. The summed E-state index contributed by atoms with van der Waals surface area (Å²) in [7, 11) is 5.41. The van der Waals surface area contributed by atoms with E-state index in [1.807, 2.05) is 31.3 Å². The smallest absolute Gasteiger partial charge is 0.122 e. The highest BCUT2D eigenvalue weighted by molar-refractivity contribution is 5.34. The van der Waals surface area contributed by atoms with Crippen molar-refractivity contribution in [2.75, 3.05) is 21.3 Å². The van der Waals surface area contributed by atoms with Crippen molar-refractivity contribution >= 4 is 0 Å². The lowest BCUT2D eigenvalue weighted by Crippen LogP contribution is -2.30. The summed E-state index contributed by atoms with van der Waals surface area (Å²) in [5, 5.41) is 3.39. The zero-order chi connectivity index (χ0) is 15.1. The average molecular weight is 285 g/mol. The predicted octanol–water partition coefficient (Wildman–Crippen LogP) is 3.08. The van der Waals surface area contributed by atoms with Crippen LogP contribution in [0.15, 0.2) is 48.5 Å². The fourth-order valence-corrected chi connectivity index (χ4v) is 2.46. The van der Waals surface area contributed by atoms with Gasteiger partial charge in [0.1, 0.15) is 11.5 Å². The number of hydrogen-bond donors (Lipinski definition) is 1. The maximum Gasteiger partial charge on any atom is 0.122 e. The van der Waals surface area contributed by atoms with Crippen LogP contribution < -0.4 is 14.8 Å². The Hall–Kier alpha value is -2.00. The van der Waals surface area contributed by atoms with Crippen LogP contribution in [0, 0.1) is 0 Å². The Morgan fingerprint density at radius 2 is 1.62 bits per heavy atom. The van der Waals surface area contributed by atoms with Crippen molar-refractivity contribution in [2.24, 2.45) is 0 Å². The van der Waals surface area contributed by atoms with Crippen molar-refractivity contribution < 1.29 is 9.47 Å². The molecule has 0 radical (unpaired) electrons. The molecule has 0 spiro atoms. The Bertz CT molecular complexity index is 551. The van der Waals surface area contributed by atoms with Gasteiger partial charge < -0.3 is 14.8 Å². The number of nitrogens with one attached hydrogen (secondary N) is 1. The Balaban J connectivity index is 2.05. The molecule has 0 aliphatic heterocycles. The van der Waals surface area contributed by atoms with E-state index in [9.17, 15) is 0 Å². The molecule has 0 saturated heterocycles. The van der Waals surface area contributed by atoms with E-state index in [2.05, 4.69) is 29.6 Å². The first-order valence-electron chi connectivity index (χ1n) is 7.19. The topological polar surface area (TPSA) is 30.5 Å². The molecule has 112 valence electrons. The van der Waals surface area contributed by atoms with Crippen molar-refractivity contribution in [1.82, 2.24) is 5.32 Å².